The summed E-state index contributed by atoms with van der Waals surface area (Å²) in [5.41, 5.74) is 0.898. The molecule has 0 unspecified atom stereocenters. The topological polar surface area (TPSA) is 54.0 Å². The fourth-order valence-electron chi connectivity index (χ4n) is 2.66. The van der Waals surface area contributed by atoms with E-state index in [9.17, 15) is 4.79 Å². The summed E-state index contributed by atoms with van der Waals surface area (Å²) in [5.74, 6) is 0.603. The van der Waals surface area contributed by atoms with Crippen LogP contribution in [-0.4, -0.2) is 23.5 Å². The zero-order valence-electron chi connectivity index (χ0n) is 12.4. The van der Waals surface area contributed by atoms with Crippen LogP contribution in [0.2, 0.25) is 0 Å². The van der Waals surface area contributed by atoms with Crippen molar-refractivity contribution in [3.63, 3.8) is 0 Å². The smallest absolute Gasteiger partial charge is 0.255 e. The molecule has 1 aliphatic carbocycles. The van der Waals surface area contributed by atoms with Crippen molar-refractivity contribution in [1.29, 1.82) is 0 Å². The summed E-state index contributed by atoms with van der Waals surface area (Å²) >= 11 is 0. The lowest BCUT2D eigenvalue weighted by atomic mass is 10.0. The monoisotopic (exact) mass is 261 g/mol. The first-order valence-electron chi connectivity index (χ1n) is 6.82. The molecule has 2 rings (SSSR count). The SMILES string of the molecule is CCNc1ncccc1C(=O)NC1C(C)(C)C1(C)C. The highest BCUT2D eigenvalue weighted by Crippen LogP contribution is 2.62. The van der Waals surface area contributed by atoms with Crippen LogP contribution in [0.25, 0.3) is 0 Å². The van der Waals surface area contributed by atoms with E-state index in [2.05, 4.69) is 43.3 Å². The lowest BCUT2D eigenvalue weighted by molar-refractivity contribution is 0.0944. The van der Waals surface area contributed by atoms with E-state index >= 15 is 0 Å². The predicted octanol–water partition coefficient (Wildman–Crippen LogP) is 2.68. The normalized spacial score (nSPS) is 19.8. The van der Waals surface area contributed by atoms with Gasteiger partial charge in [0.2, 0.25) is 0 Å². The van der Waals surface area contributed by atoms with Crippen molar-refractivity contribution in [3.8, 4) is 0 Å². The van der Waals surface area contributed by atoms with E-state index in [1.54, 1.807) is 12.3 Å². The van der Waals surface area contributed by atoms with E-state index in [0.29, 0.717) is 11.4 Å². The largest absolute Gasteiger partial charge is 0.370 e. The molecule has 1 aromatic heterocycles. The third-order valence-corrected chi connectivity index (χ3v) is 4.69. The van der Waals surface area contributed by atoms with Crippen molar-refractivity contribution in [2.45, 2.75) is 40.7 Å². The maximum absolute atomic E-state index is 12.4. The van der Waals surface area contributed by atoms with E-state index in [4.69, 9.17) is 0 Å². The Kier molecular flexibility index (Phi) is 3.29. The molecule has 0 aromatic carbocycles. The van der Waals surface area contributed by atoms with Gasteiger partial charge in [-0.25, -0.2) is 4.98 Å². The average molecular weight is 261 g/mol. The minimum Gasteiger partial charge on any atom is -0.370 e. The Hall–Kier alpha value is -1.58. The van der Waals surface area contributed by atoms with Crippen molar-refractivity contribution < 1.29 is 4.79 Å². The van der Waals surface area contributed by atoms with Crippen molar-refractivity contribution >= 4 is 11.7 Å². The van der Waals surface area contributed by atoms with Gasteiger partial charge in [0, 0.05) is 18.8 Å². The summed E-state index contributed by atoms with van der Waals surface area (Å²) in [6.45, 7) is 11.5. The van der Waals surface area contributed by atoms with Crippen LogP contribution < -0.4 is 10.6 Å². The summed E-state index contributed by atoms with van der Waals surface area (Å²) in [6.07, 6.45) is 1.69. The number of amides is 1. The lowest BCUT2D eigenvalue weighted by Crippen LogP contribution is -2.30. The van der Waals surface area contributed by atoms with Crippen LogP contribution in [0.1, 0.15) is 45.0 Å². The number of carbonyl (C=O) groups excluding carboxylic acids is 1. The third-order valence-electron chi connectivity index (χ3n) is 4.69. The highest BCUT2D eigenvalue weighted by Gasteiger charge is 2.65. The van der Waals surface area contributed by atoms with Gasteiger partial charge in [-0.05, 0) is 29.9 Å². The summed E-state index contributed by atoms with van der Waals surface area (Å²) < 4.78 is 0. The molecule has 1 aromatic rings. The molecular formula is C15H23N3O. The number of anilines is 1. The van der Waals surface area contributed by atoms with Gasteiger partial charge in [0.25, 0.3) is 5.91 Å². The highest BCUT2D eigenvalue weighted by molar-refractivity contribution is 5.99. The van der Waals surface area contributed by atoms with Crippen molar-refractivity contribution in [1.82, 2.24) is 10.3 Å². The third kappa shape index (κ3) is 2.20. The Balaban J connectivity index is 2.14. The quantitative estimate of drug-likeness (QED) is 0.876. The first-order valence-corrected chi connectivity index (χ1v) is 6.82. The van der Waals surface area contributed by atoms with E-state index in [-0.39, 0.29) is 22.8 Å². The Morgan fingerprint density at radius 3 is 2.47 bits per heavy atom. The number of hydrogen-bond acceptors (Lipinski definition) is 3. The maximum atomic E-state index is 12.4. The zero-order chi connectivity index (χ0) is 14.3. The van der Waals surface area contributed by atoms with Crippen molar-refractivity contribution in [2.75, 3.05) is 11.9 Å². The second-order valence-corrected chi connectivity index (χ2v) is 6.28. The Labute approximate surface area is 115 Å². The van der Waals surface area contributed by atoms with Crippen molar-refractivity contribution in [2.24, 2.45) is 10.8 Å². The fraction of sp³-hybridized carbons (Fsp3) is 0.600. The van der Waals surface area contributed by atoms with E-state index in [0.717, 1.165) is 6.54 Å². The minimum atomic E-state index is -0.0484. The molecule has 0 radical (unpaired) electrons. The molecule has 0 saturated heterocycles. The Morgan fingerprint density at radius 1 is 1.32 bits per heavy atom. The van der Waals surface area contributed by atoms with Crippen LogP contribution in [0.4, 0.5) is 5.82 Å². The van der Waals surface area contributed by atoms with Gasteiger partial charge >= 0.3 is 0 Å². The van der Waals surface area contributed by atoms with Crippen LogP contribution in [0.3, 0.4) is 0 Å². The van der Waals surface area contributed by atoms with E-state index < -0.39 is 0 Å². The van der Waals surface area contributed by atoms with Gasteiger partial charge in [0.05, 0.1) is 5.56 Å². The Bertz CT molecular complexity index is 480. The molecule has 1 saturated carbocycles. The summed E-state index contributed by atoms with van der Waals surface area (Å²) in [4.78, 5) is 16.6. The highest BCUT2D eigenvalue weighted by atomic mass is 16.1. The van der Waals surface area contributed by atoms with E-state index in [1.165, 1.54) is 0 Å². The molecule has 0 bridgehead atoms. The van der Waals surface area contributed by atoms with Crippen molar-refractivity contribution in [3.05, 3.63) is 23.9 Å². The van der Waals surface area contributed by atoms with Crippen LogP contribution in [0.5, 0.6) is 0 Å². The molecule has 1 fully saturated rings. The maximum Gasteiger partial charge on any atom is 0.255 e. The molecule has 4 heteroatoms. The number of hydrogen-bond donors (Lipinski definition) is 2. The number of nitrogens with zero attached hydrogens (tertiary/aromatic N) is 1. The molecule has 0 spiro atoms. The number of nitrogens with one attached hydrogen (secondary N) is 2. The van der Waals surface area contributed by atoms with Gasteiger partial charge in [-0.2, -0.15) is 0 Å². The molecule has 1 heterocycles. The van der Waals surface area contributed by atoms with Crippen LogP contribution in [0.15, 0.2) is 18.3 Å². The number of pyridine rings is 1. The molecule has 2 N–H and O–H groups in total. The van der Waals surface area contributed by atoms with Gasteiger partial charge in [0.15, 0.2) is 0 Å². The Morgan fingerprint density at radius 2 is 1.95 bits per heavy atom. The summed E-state index contributed by atoms with van der Waals surface area (Å²) in [7, 11) is 0. The first-order chi connectivity index (χ1) is 8.82. The van der Waals surface area contributed by atoms with Gasteiger partial charge in [-0.3, -0.25) is 4.79 Å². The van der Waals surface area contributed by atoms with Gasteiger partial charge < -0.3 is 10.6 Å². The van der Waals surface area contributed by atoms with Crippen LogP contribution >= 0.6 is 0 Å². The molecule has 0 aliphatic heterocycles. The number of rotatable bonds is 4. The zero-order valence-corrected chi connectivity index (χ0v) is 12.4. The number of aromatic nitrogens is 1. The summed E-state index contributed by atoms with van der Waals surface area (Å²) in [5, 5.41) is 6.25. The second kappa shape index (κ2) is 4.51. The molecule has 19 heavy (non-hydrogen) atoms. The molecule has 1 amide bonds. The van der Waals surface area contributed by atoms with Gasteiger partial charge in [0.1, 0.15) is 5.82 Å². The summed E-state index contributed by atoms with van der Waals surface area (Å²) in [6, 6.07) is 3.81. The van der Waals surface area contributed by atoms with Crippen LogP contribution in [0, 0.1) is 10.8 Å². The predicted molar refractivity (Wildman–Crippen MR) is 77.2 cm³/mol. The molecule has 1 aliphatic rings. The molecule has 104 valence electrons. The second-order valence-electron chi connectivity index (χ2n) is 6.28. The molecule has 0 atom stereocenters. The lowest BCUT2D eigenvalue weighted by Gasteiger charge is -2.11. The average Bonchev–Trinajstić information content (AvgIpc) is 2.73. The van der Waals surface area contributed by atoms with E-state index in [1.807, 2.05) is 13.0 Å². The molecule has 4 nitrogen and oxygen atoms in total. The van der Waals surface area contributed by atoms with Crippen LogP contribution in [-0.2, 0) is 0 Å². The number of carbonyl (C=O) groups is 1. The van der Waals surface area contributed by atoms with Gasteiger partial charge in [-0.1, -0.05) is 27.7 Å². The molecular weight excluding hydrogens is 238 g/mol. The fourth-order valence-corrected chi connectivity index (χ4v) is 2.66. The first kappa shape index (κ1) is 13.8. The van der Waals surface area contributed by atoms with Gasteiger partial charge in [-0.15, -0.1) is 0 Å². The minimum absolute atomic E-state index is 0.0484. The standard InChI is InChI=1S/C15H23N3O/c1-6-16-11-10(8-7-9-17-11)12(19)18-13-14(2,3)15(13,4)5/h7-9,13H,6H2,1-5H3,(H,16,17)(H,18,19).